The second-order valence-corrected chi connectivity index (χ2v) is 7.26. The number of nitrogens with zero attached hydrogens (tertiary/aromatic N) is 4. The molecule has 1 amide bonds. The van der Waals surface area contributed by atoms with E-state index in [1.54, 1.807) is 17.4 Å². The third kappa shape index (κ3) is 3.58. The van der Waals surface area contributed by atoms with Gasteiger partial charge in [-0.15, -0.1) is 0 Å². The average molecular weight is 356 g/mol. The second kappa shape index (κ2) is 7.35. The number of benzene rings is 1. The van der Waals surface area contributed by atoms with Gasteiger partial charge in [-0.1, -0.05) is 30.7 Å². The lowest BCUT2D eigenvalue weighted by molar-refractivity contribution is 0.0992. The van der Waals surface area contributed by atoms with Gasteiger partial charge in [-0.3, -0.25) is 9.48 Å². The summed E-state index contributed by atoms with van der Waals surface area (Å²) in [6.07, 6.45) is 3.47. The summed E-state index contributed by atoms with van der Waals surface area (Å²) in [6.45, 7) is 6.90. The Labute approximate surface area is 151 Å². The van der Waals surface area contributed by atoms with Crippen LogP contribution >= 0.6 is 11.3 Å². The smallest absolute Gasteiger partial charge is 0.300 e. The molecule has 0 radical (unpaired) electrons. The monoisotopic (exact) mass is 356 g/mol. The SMILES string of the molecule is CCCCc1ccc2c(c1)sc(=NC(=O)c1cc(C)n(CC)n1)n2C. The van der Waals surface area contributed by atoms with Crippen molar-refractivity contribution < 1.29 is 4.79 Å². The van der Waals surface area contributed by atoms with E-state index in [9.17, 15) is 4.79 Å². The fraction of sp³-hybridized carbons (Fsp3) is 0.421. The maximum Gasteiger partial charge on any atom is 0.300 e. The lowest BCUT2D eigenvalue weighted by Gasteiger charge is -2.00. The first kappa shape index (κ1) is 17.6. The Morgan fingerprint density at radius 2 is 2.08 bits per heavy atom. The van der Waals surface area contributed by atoms with Crippen molar-refractivity contribution in [2.45, 2.75) is 46.6 Å². The maximum atomic E-state index is 12.5. The summed E-state index contributed by atoms with van der Waals surface area (Å²) in [5, 5.41) is 4.32. The number of rotatable bonds is 5. The average Bonchev–Trinajstić information content (AvgIpc) is 3.13. The highest BCUT2D eigenvalue weighted by Crippen LogP contribution is 2.19. The van der Waals surface area contributed by atoms with Crippen molar-refractivity contribution in [3.8, 4) is 0 Å². The summed E-state index contributed by atoms with van der Waals surface area (Å²) in [6, 6.07) is 8.31. The molecule has 0 aliphatic rings. The zero-order chi connectivity index (χ0) is 18.0. The number of unbranched alkanes of at least 4 members (excludes halogenated alkanes) is 1. The van der Waals surface area contributed by atoms with E-state index in [4.69, 9.17) is 0 Å². The molecular weight excluding hydrogens is 332 g/mol. The molecule has 25 heavy (non-hydrogen) atoms. The zero-order valence-electron chi connectivity index (χ0n) is 15.2. The van der Waals surface area contributed by atoms with Gasteiger partial charge in [0, 0.05) is 19.3 Å². The lowest BCUT2D eigenvalue weighted by Crippen LogP contribution is -2.13. The van der Waals surface area contributed by atoms with E-state index in [-0.39, 0.29) is 5.91 Å². The first-order chi connectivity index (χ1) is 12.0. The van der Waals surface area contributed by atoms with Crippen LogP contribution in [0.1, 0.15) is 48.4 Å². The van der Waals surface area contributed by atoms with Crippen molar-refractivity contribution in [1.82, 2.24) is 14.3 Å². The molecule has 0 saturated heterocycles. The number of carbonyl (C=O) groups excluding carboxylic acids is 1. The number of aromatic nitrogens is 3. The Hall–Kier alpha value is -2.21. The minimum Gasteiger partial charge on any atom is -0.319 e. The van der Waals surface area contributed by atoms with Gasteiger partial charge in [0.2, 0.25) is 0 Å². The second-order valence-electron chi connectivity index (χ2n) is 6.25. The largest absolute Gasteiger partial charge is 0.319 e. The van der Waals surface area contributed by atoms with E-state index >= 15 is 0 Å². The Morgan fingerprint density at radius 3 is 2.76 bits per heavy atom. The molecule has 2 heterocycles. The topological polar surface area (TPSA) is 52.2 Å². The number of hydrogen-bond acceptors (Lipinski definition) is 3. The number of carbonyl (C=O) groups is 1. The summed E-state index contributed by atoms with van der Waals surface area (Å²) < 4.78 is 4.96. The Bertz CT molecular complexity index is 977. The van der Waals surface area contributed by atoms with Gasteiger partial charge in [0.05, 0.1) is 10.2 Å². The molecule has 3 aromatic rings. The van der Waals surface area contributed by atoms with Crippen molar-refractivity contribution in [2.75, 3.05) is 0 Å². The number of fused-ring (bicyclic) bond motifs is 1. The van der Waals surface area contributed by atoms with Crippen LogP contribution in [0.2, 0.25) is 0 Å². The van der Waals surface area contributed by atoms with Crippen LogP contribution in [-0.4, -0.2) is 20.3 Å². The lowest BCUT2D eigenvalue weighted by atomic mass is 10.1. The predicted molar refractivity (Wildman–Crippen MR) is 102 cm³/mol. The number of amides is 1. The number of thiazole rings is 1. The van der Waals surface area contributed by atoms with E-state index in [1.807, 2.05) is 30.1 Å². The van der Waals surface area contributed by atoms with Gasteiger partial charge in [0.25, 0.3) is 5.91 Å². The quantitative estimate of drug-likeness (QED) is 0.697. The van der Waals surface area contributed by atoms with E-state index in [0.29, 0.717) is 10.5 Å². The van der Waals surface area contributed by atoms with Crippen molar-refractivity contribution in [3.63, 3.8) is 0 Å². The van der Waals surface area contributed by atoms with Crippen molar-refractivity contribution >= 4 is 27.5 Å². The summed E-state index contributed by atoms with van der Waals surface area (Å²) in [4.78, 5) is 17.5. The van der Waals surface area contributed by atoms with Gasteiger partial charge < -0.3 is 4.57 Å². The van der Waals surface area contributed by atoms with Crippen LogP contribution in [0.3, 0.4) is 0 Å². The zero-order valence-corrected chi connectivity index (χ0v) is 16.1. The molecule has 0 spiro atoms. The highest BCUT2D eigenvalue weighted by molar-refractivity contribution is 7.16. The molecule has 0 aliphatic carbocycles. The maximum absolute atomic E-state index is 12.5. The molecular formula is C19H24N4OS. The van der Waals surface area contributed by atoms with Gasteiger partial charge in [-0.2, -0.15) is 10.1 Å². The molecule has 5 nitrogen and oxygen atoms in total. The highest BCUT2D eigenvalue weighted by atomic mass is 32.1. The van der Waals surface area contributed by atoms with Crippen LogP contribution in [0.4, 0.5) is 0 Å². The third-order valence-corrected chi connectivity index (χ3v) is 5.48. The molecule has 0 fully saturated rings. The normalized spacial score (nSPS) is 12.2. The van der Waals surface area contributed by atoms with Gasteiger partial charge >= 0.3 is 0 Å². The standard InChI is InChI=1S/C19H24N4OS/c1-5-7-8-14-9-10-16-17(12-14)25-19(22(16)4)20-18(24)15-11-13(3)23(6-2)21-15/h9-12H,5-8H2,1-4H3. The summed E-state index contributed by atoms with van der Waals surface area (Å²) in [5.74, 6) is -0.288. The molecule has 0 aliphatic heterocycles. The molecule has 0 saturated carbocycles. The molecule has 1 aromatic carbocycles. The van der Waals surface area contributed by atoms with Crippen LogP contribution in [0.15, 0.2) is 29.3 Å². The number of hydrogen-bond donors (Lipinski definition) is 0. The van der Waals surface area contributed by atoms with E-state index in [1.165, 1.54) is 18.4 Å². The van der Waals surface area contributed by atoms with Gasteiger partial charge in [-0.05, 0) is 50.5 Å². The third-order valence-electron chi connectivity index (χ3n) is 4.39. The molecule has 0 N–H and O–H groups in total. The predicted octanol–water partition coefficient (Wildman–Crippen LogP) is 3.85. The molecule has 0 bridgehead atoms. The minimum absolute atomic E-state index is 0.288. The first-order valence-electron chi connectivity index (χ1n) is 8.75. The van der Waals surface area contributed by atoms with Crippen molar-refractivity contribution in [3.05, 3.63) is 46.0 Å². The van der Waals surface area contributed by atoms with Crippen LogP contribution < -0.4 is 4.80 Å². The summed E-state index contributed by atoms with van der Waals surface area (Å²) in [5.41, 5.74) is 3.82. The Kier molecular flexibility index (Phi) is 5.18. The van der Waals surface area contributed by atoms with E-state index in [2.05, 4.69) is 35.2 Å². The van der Waals surface area contributed by atoms with Crippen molar-refractivity contribution in [2.24, 2.45) is 12.0 Å². The number of aryl methyl sites for hydroxylation is 4. The molecule has 0 atom stereocenters. The van der Waals surface area contributed by atoms with Crippen LogP contribution in [0.5, 0.6) is 0 Å². The first-order valence-corrected chi connectivity index (χ1v) is 9.57. The Morgan fingerprint density at radius 1 is 1.28 bits per heavy atom. The highest BCUT2D eigenvalue weighted by Gasteiger charge is 2.12. The molecule has 3 rings (SSSR count). The van der Waals surface area contributed by atoms with E-state index < -0.39 is 0 Å². The Balaban J connectivity index is 1.97. The summed E-state index contributed by atoms with van der Waals surface area (Å²) >= 11 is 1.55. The van der Waals surface area contributed by atoms with Crippen LogP contribution in [0, 0.1) is 6.92 Å². The molecule has 132 valence electrons. The van der Waals surface area contributed by atoms with E-state index in [0.717, 1.165) is 28.9 Å². The van der Waals surface area contributed by atoms with Gasteiger partial charge in [0.15, 0.2) is 10.5 Å². The van der Waals surface area contributed by atoms with Crippen molar-refractivity contribution in [1.29, 1.82) is 0 Å². The molecule has 6 heteroatoms. The fourth-order valence-corrected chi connectivity index (χ4v) is 3.98. The van der Waals surface area contributed by atoms with Crippen LogP contribution in [0.25, 0.3) is 10.2 Å². The minimum atomic E-state index is -0.288. The summed E-state index contributed by atoms with van der Waals surface area (Å²) in [7, 11) is 1.95. The molecule has 2 aromatic heterocycles. The van der Waals surface area contributed by atoms with Crippen LogP contribution in [-0.2, 0) is 20.0 Å². The van der Waals surface area contributed by atoms with Gasteiger partial charge in [0.1, 0.15) is 0 Å². The van der Waals surface area contributed by atoms with Gasteiger partial charge in [-0.25, -0.2) is 0 Å². The fourth-order valence-electron chi connectivity index (χ4n) is 2.90. The molecule has 0 unspecified atom stereocenters.